The quantitative estimate of drug-likeness (QED) is 0.714. The summed E-state index contributed by atoms with van der Waals surface area (Å²) in [6.45, 7) is 4.01. The number of nitrogens with one attached hydrogen (secondary N) is 1. The molecule has 1 N–H and O–H groups in total. The summed E-state index contributed by atoms with van der Waals surface area (Å²) in [6.07, 6.45) is 3.17. The maximum Gasteiger partial charge on any atom is 0.0700 e. The Morgan fingerprint density at radius 1 is 1.15 bits per heavy atom. The Hall–Kier alpha value is -1.36. The van der Waals surface area contributed by atoms with Crippen LogP contribution in [0.25, 0.3) is 10.9 Å². The Labute approximate surface area is 120 Å². The summed E-state index contributed by atoms with van der Waals surface area (Å²) in [5, 5.41) is 4.49. The summed E-state index contributed by atoms with van der Waals surface area (Å²) < 4.78 is 12.8. The second kappa shape index (κ2) is 8.04. The zero-order valence-electron chi connectivity index (χ0n) is 12.4. The van der Waals surface area contributed by atoms with Crippen LogP contribution in [-0.4, -0.2) is 38.5 Å². The summed E-state index contributed by atoms with van der Waals surface area (Å²) in [6, 6.07) is 8.80. The van der Waals surface area contributed by atoms with Crippen molar-refractivity contribution in [2.24, 2.45) is 0 Å². The number of ether oxygens (including phenoxy) is 2. The molecule has 2 aromatic rings. The molecule has 20 heavy (non-hydrogen) atoms. The molecule has 110 valence electrons. The highest BCUT2D eigenvalue weighted by Gasteiger charge is 2.02. The van der Waals surface area contributed by atoms with Gasteiger partial charge in [0, 0.05) is 38.5 Å². The number of hydrogen-bond donors (Lipinski definition) is 1. The topological polar surface area (TPSA) is 35.4 Å². The normalized spacial score (nSPS) is 11.3. The van der Waals surface area contributed by atoms with E-state index in [9.17, 15) is 0 Å². The van der Waals surface area contributed by atoms with Crippen LogP contribution in [0, 0.1) is 0 Å². The van der Waals surface area contributed by atoms with Crippen LogP contribution in [0.4, 0.5) is 0 Å². The van der Waals surface area contributed by atoms with Crippen LogP contribution < -0.4 is 5.32 Å². The standard InChI is InChI=1S/C16H24N2O2/c1-17-13-14-4-5-15-6-8-18(16(15)12-14)7-3-9-20-11-10-19-2/h4-6,8,12,17H,3,7,9-11,13H2,1-2H3. The minimum Gasteiger partial charge on any atom is -0.382 e. The number of rotatable bonds is 9. The molecule has 0 aliphatic rings. The van der Waals surface area contributed by atoms with Gasteiger partial charge in [0.2, 0.25) is 0 Å². The lowest BCUT2D eigenvalue weighted by atomic mass is 10.1. The van der Waals surface area contributed by atoms with Crippen LogP contribution in [0.3, 0.4) is 0 Å². The third kappa shape index (κ3) is 4.07. The molecule has 0 atom stereocenters. The van der Waals surface area contributed by atoms with Crippen molar-refractivity contribution >= 4 is 10.9 Å². The number of nitrogens with zero attached hydrogens (tertiary/aromatic N) is 1. The first-order valence-corrected chi connectivity index (χ1v) is 7.14. The Kier molecular flexibility index (Phi) is 6.05. The van der Waals surface area contributed by atoms with Crippen molar-refractivity contribution in [3.63, 3.8) is 0 Å². The van der Waals surface area contributed by atoms with Gasteiger partial charge in [-0.3, -0.25) is 0 Å². The summed E-state index contributed by atoms with van der Waals surface area (Å²) >= 11 is 0. The molecule has 0 spiro atoms. The second-order valence-corrected chi connectivity index (χ2v) is 4.89. The summed E-state index contributed by atoms with van der Waals surface area (Å²) in [5.74, 6) is 0. The number of hydrogen-bond acceptors (Lipinski definition) is 3. The molecule has 1 aromatic heterocycles. The first-order valence-electron chi connectivity index (χ1n) is 7.14. The number of aryl methyl sites for hydroxylation is 1. The van der Waals surface area contributed by atoms with Crippen molar-refractivity contribution in [1.29, 1.82) is 0 Å². The molecule has 1 aromatic carbocycles. The molecule has 0 saturated carbocycles. The Morgan fingerprint density at radius 2 is 2.05 bits per heavy atom. The van der Waals surface area contributed by atoms with Gasteiger partial charge in [0.25, 0.3) is 0 Å². The first-order chi connectivity index (χ1) is 9.85. The van der Waals surface area contributed by atoms with Gasteiger partial charge in [0.05, 0.1) is 13.2 Å². The zero-order valence-corrected chi connectivity index (χ0v) is 12.4. The fourth-order valence-corrected chi connectivity index (χ4v) is 2.32. The maximum atomic E-state index is 5.50. The molecule has 0 saturated heterocycles. The third-order valence-electron chi connectivity index (χ3n) is 3.34. The number of benzene rings is 1. The largest absolute Gasteiger partial charge is 0.382 e. The molecule has 2 rings (SSSR count). The molecule has 1 heterocycles. The van der Waals surface area contributed by atoms with Crippen molar-refractivity contribution in [2.45, 2.75) is 19.5 Å². The van der Waals surface area contributed by atoms with Crippen LogP contribution in [0.5, 0.6) is 0 Å². The highest BCUT2D eigenvalue weighted by atomic mass is 16.5. The average Bonchev–Trinajstić information content (AvgIpc) is 2.86. The van der Waals surface area contributed by atoms with Crippen molar-refractivity contribution in [1.82, 2.24) is 9.88 Å². The van der Waals surface area contributed by atoms with E-state index in [0.29, 0.717) is 13.2 Å². The molecule has 0 aliphatic heterocycles. The van der Waals surface area contributed by atoms with E-state index >= 15 is 0 Å². The minimum atomic E-state index is 0.666. The van der Waals surface area contributed by atoms with Crippen molar-refractivity contribution in [3.05, 3.63) is 36.0 Å². The molecule has 0 radical (unpaired) electrons. The van der Waals surface area contributed by atoms with Gasteiger partial charge in [-0.15, -0.1) is 0 Å². The van der Waals surface area contributed by atoms with Gasteiger partial charge in [-0.25, -0.2) is 0 Å². The second-order valence-electron chi connectivity index (χ2n) is 4.89. The average molecular weight is 276 g/mol. The van der Waals surface area contributed by atoms with Crippen LogP contribution in [0.1, 0.15) is 12.0 Å². The van der Waals surface area contributed by atoms with Crippen molar-refractivity contribution in [3.8, 4) is 0 Å². The smallest absolute Gasteiger partial charge is 0.0700 e. The number of aromatic nitrogens is 1. The Morgan fingerprint density at radius 3 is 2.85 bits per heavy atom. The molecule has 0 unspecified atom stereocenters. The van der Waals surface area contributed by atoms with Crippen LogP contribution >= 0.6 is 0 Å². The minimum absolute atomic E-state index is 0.666. The maximum absolute atomic E-state index is 5.50. The Balaban J connectivity index is 1.90. The lowest BCUT2D eigenvalue weighted by molar-refractivity contribution is 0.0681. The fraction of sp³-hybridized carbons (Fsp3) is 0.500. The van der Waals surface area contributed by atoms with E-state index in [2.05, 4.69) is 40.3 Å². The van der Waals surface area contributed by atoms with E-state index in [-0.39, 0.29) is 0 Å². The molecule has 0 bridgehead atoms. The van der Waals surface area contributed by atoms with Crippen LogP contribution in [0.2, 0.25) is 0 Å². The predicted molar refractivity (Wildman–Crippen MR) is 82.0 cm³/mol. The SMILES string of the molecule is CNCc1ccc2ccn(CCCOCCOC)c2c1. The Bertz CT molecular complexity index is 522. The molecular formula is C16H24N2O2. The molecule has 0 aliphatic carbocycles. The van der Waals surface area contributed by atoms with Crippen molar-refractivity contribution < 1.29 is 9.47 Å². The summed E-state index contributed by atoms with van der Waals surface area (Å²) in [7, 11) is 3.67. The van der Waals surface area contributed by atoms with Gasteiger partial charge >= 0.3 is 0 Å². The molecule has 4 heteroatoms. The molecular weight excluding hydrogens is 252 g/mol. The van der Waals surface area contributed by atoms with E-state index in [0.717, 1.165) is 26.1 Å². The van der Waals surface area contributed by atoms with E-state index < -0.39 is 0 Å². The zero-order chi connectivity index (χ0) is 14.2. The van der Waals surface area contributed by atoms with Crippen LogP contribution in [-0.2, 0) is 22.6 Å². The summed E-state index contributed by atoms with van der Waals surface area (Å²) in [4.78, 5) is 0. The molecule has 0 amide bonds. The first kappa shape index (κ1) is 15.0. The van der Waals surface area contributed by atoms with Gasteiger partial charge in [-0.1, -0.05) is 12.1 Å². The third-order valence-corrected chi connectivity index (χ3v) is 3.34. The fourth-order valence-electron chi connectivity index (χ4n) is 2.32. The highest BCUT2D eigenvalue weighted by Crippen LogP contribution is 2.18. The summed E-state index contributed by atoms with van der Waals surface area (Å²) in [5.41, 5.74) is 2.62. The van der Waals surface area contributed by atoms with Crippen LogP contribution in [0.15, 0.2) is 30.5 Å². The van der Waals surface area contributed by atoms with E-state index in [4.69, 9.17) is 9.47 Å². The van der Waals surface area contributed by atoms with Gasteiger partial charge in [-0.05, 0) is 36.6 Å². The van der Waals surface area contributed by atoms with Crippen molar-refractivity contribution in [2.75, 3.05) is 34.0 Å². The monoisotopic (exact) mass is 276 g/mol. The van der Waals surface area contributed by atoms with Gasteiger partial charge in [0.1, 0.15) is 0 Å². The predicted octanol–water partition coefficient (Wildman–Crippen LogP) is 2.41. The lowest BCUT2D eigenvalue weighted by Gasteiger charge is -2.08. The molecule has 4 nitrogen and oxygen atoms in total. The highest BCUT2D eigenvalue weighted by molar-refractivity contribution is 5.80. The lowest BCUT2D eigenvalue weighted by Crippen LogP contribution is -2.07. The van der Waals surface area contributed by atoms with Gasteiger partial charge in [-0.2, -0.15) is 0 Å². The van der Waals surface area contributed by atoms with E-state index in [1.54, 1.807) is 7.11 Å². The van der Waals surface area contributed by atoms with E-state index in [1.165, 1.54) is 16.5 Å². The van der Waals surface area contributed by atoms with Gasteiger partial charge < -0.3 is 19.4 Å². The van der Waals surface area contributed by atoms with Gasteiger partial charge in [0.15, 0.2) is 0 Å². The number of methoxy groups -OCH3 is 1. The van der Waals surface area contributed by atoms with E-state index in [1.807, 2.05) is 7.05 Å². The number of fused-ring (bicyclic) bond motifs is 1. The molecule has 0 fully saturated rings.